The van der Waals surface area contributed by atoms with Crippen molar-refractivity contribution in [2.24, 2.45) is 17.6 Å². The van der Waals surface area contributed by atoms with E-state index in [-0.39, 0.29) is 11.8 Å². The van der Waals surface area contributed by atoms with Crippen molar-refractivity contribution in [1.29, 1.82) is 0 Å². The summed E-state index contributed by atoms with van der Waals surface area (Å²) in [6.45, 7) is 5.00. The van der Waals surface area contributed by atoms with Crippen molar-refractivity contribution in [3.8, 4) is 0 Å². The minimum Gasteiger partial charge on any atom is -0.381 e. The van der Waals surface area contributed by atoms with E-state index in [9.17, 15) is 4.79 Å². The lowest BCUT2D eigenvalue weighted by Crippen LogP contribution is -2.33. The predicted molar refractivity (Wildman–Crippen MR) is 59.4 cm³/mol. The second-order valence-electron chi connectivity index (χ2n) is 4.31. The highest BCUT2D eigenvalue weighted by Crippen LogP contribution is 2.11. The Kier molecular flexibility index (Phi) is 5.65. The van der Waals surface area contributed by atoms with Crippen LogP contribution in [0.2, 0.25) is 0 Å². The Morgan fingerprint density at radius 2 is 2.47 bits per heavy atom. The largest absolute Gasteiger partial charge is 0.381 e. The third kappa shape index (κ3) is 4.62. The summed E-state index contributed by atoms with van der Waals surface area (Å²) in [6.07, 6.45) is 2.86. The van der Waals surface area contributed by atoms with Gasteiger partial charge in [-0.3, -0.25) is 4.79 Å². The molecule has 1 heterocycles. The van der Waals surface area contributed by atoms with Gasteiger partial charge in [0, 0.05) is 25.0 Å². The van der Waals surface area contributed by atoms with Gasteiger partial charge in [-0.15, -0.1) is 0 Å². The van der Waals surface area contributed by atoms with Crippen molar-refractivity contribution in [2.45, 2.75) is 26.2 Å². The Labute approximate surface area is 91.5 Å². The molecule has 0 saturated carbocycles. The molecule has 0 radical (unpaired) electrons. The van der Waals surface area contributed by atoms with E-state index >= 15 is 0 Å². The van der Waals surface area contributed by atoms with Gasteiger partial charge in [0.15, 0.2) is 0 Å². The number of carbonyl (C=O) groups excluding carboxylic acids is 1. The molecule has 0 aromatic carbocycles. The highest BCUT2D eigenvalue weighted by atomic mass is 16.5. The van der Waals surface area contributed by atoms with Crippen molar-refractivity contribution in [1.82, 2.24) is 5.32 Å². The molecule has 1 rings (SSSR count). The van der Waals surface area contributed by atoms with Crippen LogP contribution in [0.1, 0.15) is 26.2 Å². The molecule has 4 heteroatoms. The molecule has 0 spiro atoms. The van der Waals surface area contributed by atoms with Crippen LogP contribution in [0, 0.1) is 11.8 Å². The zero-order valence-electron chi connectivity index (χ0n) is 9.50. The maximum atomic E-state index is 11.6. The molecule has 4 nitrogen and oxygen atoms in total. The number of carbonyl (C=O) groups is 1. The van der Waals surface area contributed by atoms with E-state index in [1.807, 2.05) is 6.92 Å². The van der Waals surface area contributed by atoms with Crippen LogP contribution in [-0.4, -0.2) is 32.2 Å². The average Bonchev–Trinajstić information content (AvgIpc) is 2.75. The Bertz CT molecular complexity index is 191. The van der Waals surface area contributed by atoms with Crippen LogP contribution in [0.4, 0.5) is 0 Å². The van der Waals surface area contributed by atoms with Gasteiger partial charge in [-0.05, 0) is 25.8 Å². The van der Waals surface area contributed by atoms with Crippen LogP contribution >= 0.6 is 0 Å². The van der Waals surface area contributed by atoms with Gasteiger partial charge in [-0.1, -0.05) is 6.92 Å². The Morgan fingerprint density at radius 3 is 3.07 bits per heavy atom. The summed E-state index contributed by atoms with van der Waals surface area (Å²) in [5.41, 5.74) is 5.40. The molecule has 1 aliphatic heterocycles. The molecule has 0 aromatic heterocycles. The molecule has 0 aliphatic carbocycles. The third-order valence-corrected chi connectivity index (χ3v) is 2.88. The molecule has 1 fully saturated rings. The predicted octanol–water partition coefficient (Wildman–Crippen LogP) is 0.514. The first kappa shape index (κ1) is 12.5. The smallest absolute Gasteiger partial charge is 0.222 e. The first-order chi connectivity index (χ1) is 7.24. The topological polar surface area (TPSA) is 64.4 Å². The van der Waals surface area contributed by atoms with Crippen LogP contribution in [0.5, 0.6) is 0 Å². The average molecular weight is 214 g/mol. The van der Waals surface area contributed by atoms with Gasteiger partial charge >= 0.3 is 0 Å². The van der Waals surface area contributed by atoms with Crippen molar-refractivity contribution < 1.29 is 9.53 Å². The molecule has 88 valence electrons. The SMILES string of the molecule is CC(CCCN)C(=O)NCC1CCOC1. The second-order valence-corrected chi connectivity index (χ2v) is 4.31. The van der Waals surface area contributed by atoms with E-state index in [0.29, 0.717) is 12.5 Å². The fourth-order valence-electron chi connectivity index (χ4n) is 1.72. The standard InChI is InChI=1S/C11H22N2O2/c1-9(3-2-5-12)11(14)13-7-10-4-6-15-8-10/h9-10H,2-8,12H2,1H3,(H,13,14). The lowest BCUT2D eigenvalue weighted by molar-refractivity contribution is -0.124. The minimum atomic E-state index is 0.0795. The summed E-state index contributed by atoms with van der Waals surface area (Å²) in [4.78, 5) is 11.6. The summed E-state index contributed by atoms with van der Waals surface area (Å²) in [5.74, 6) is 0.738. The van der Waals surface area contributed by atoms with Crippen molar-refractivity contribution in [2.75, 3.05) is 26.3 Å². The number of nitrogens with two attached hydrogens (primary N) is 1. The molecule has 15 heavy (non-hydrogen) atoms. The van der Waals surface area contributed by atoms with Crippen LogP contribution in [-0.2, 0) is 9.53 Å². The van der Waals surface area contributed by atoms with Gasteiger partial charge in [0.2, 0.25) is 5.91 Å². The summed E-state index contributed by atoms with van der Waals surface area (Å²) < 4.78 is 5.25. The third-order valence-electron chi connectivity index (χ3n) is 2.88. The zero-order chi connectivity index (χ0) is 11.1. The quantitative estimate of drug-likeness (QED) is 0.677. The first-order valence-electron chi connectivity index (χ1n) is 5.79. The fraction of sp³-hybridized carbons (Fsp3) is 0.909. The summed E-state index contributed by atoms with van der Waals surface area (Å²) in [5, 5.41) is 2.97. The fourth-order valence-corrected chi connectivity index (χ4v) is 1.72. The number of hydrogen-bond acceptors (Lipinski definition) is 3. The molecular formula is C11H22N2O2. The number of amides is 1. The summed E-state index contributed by atoms with van der Waals surface area (Å²) >= 11 is 0. The van der Waals surface area contributed by atoms with Crippen molar-refractivity contribution >= 4 is 5.91 Å². The van der Waals surface area contributed by atoms with Crippen LogP contribution in [0.15, 0.2) is 0 Å². The van der Waals surface area contributed by atoms with E-state index in [4.69, 9.17) is 10.5 Å². The van der Waals surface area contributed by atoms with Crippen molar-refractivity contribution in [3.63, 3.8) is 0 Å². The van der Waals surface area contributed by atoms with Crippen LogP contribution in [0.3, 0.4) is 0 Å². The summed E-state index contributed by atoms with van der Waals surface area (Å²) in [6, 6.07) is 0. The monoisotopic (exact) mass is 214 g/mol. The van der Waals surface area contributed by atoms with Crippen molar-refractivity contribution in [3.05, 3.63) is 0 Å². The van der Waals surface area contributed by atoms with Gasteiger partial charge in [-0.2, -0.15) is 0 Å². The van der Waals surface area contributed by atoms with Crippen LogP contribution < -0.4 is 11.1 Å². The molecule has 3 N–H and O–H groups in total. The highest BCUT2D eigenvalue weighted by Gasteiger charge is 2.18. The summed E-state index contributed by atoms with van der Waals surface area (Å²) in [7, 11) is 0. The molecule has 2 atom stereocenters. The maximum absolute atomic E-state index is 11.6. The van der Waals surface area contributed by atoms with Gasteiger partial charge < -0.3 is 15.8 Å². The minimum absolute atomic E-state index is 0.0795. The number of nitrogens with one attached hydrogen (secondary N) is 1. The first-order valence-corrected chi connectivity index (χ1v) is 5.79. The molecule has 0 bridgehead atoms. The van der Waals surface area contributed by atoms with E-state index in [0.717, 1.165) is 39.0 Å². The van der Waals surface area contributed by atoms with E-state index in [1.165, 1.54) is 0 Å². The lowest BCUT2D eigenvalue weighted by Gasteiger charge is -2.13. The van der Waals surface area contributed by atoms with Crippen LogP contribution in [0.25, 0.3) is 0 Å². The van der Waals surface area contributed by atoms with Gasteiger partial charge in [0.1, 0.15) is 0 Å². The lowest BCUT2D eigenvalue weighted by atomic mass is 10.0. The Balaban J connectivity index is 2.11. The molecule has 1 saturated heterocycles. The maximum Gasteiger partial charge on any atom is 0.222 e. The normalized spacial score (nSPS) is 22.7. The van der Waals surface area contributed by atoms with Gasteiger partial charge in [0.25, 0.3) is 0 Å². The molecular weight excluding hydrogens is 192 g/mol. The van der Waals surface area contributed by atoms with Gasteiger partial charge in [-0.25, -0.2) is 0 Å². The zero-order valence-corrected chi connectivity index (χ0v) is 9.50. The molecule has 1 amide bonds. The number of ether oxygens (including phenoxy) is 1. The second kappa shape index (κ2) is 6.80. The van der Waals surface area contributed by atoms with E-state index in [1.54, 1.807) is 0 Å². The van der Waals surface area contributed by atoms with Gasteiger partial charge in [0.05, 0.1) is 6.61 Å². The number of hydrogen-bond donors (Lipinski definition) is 2. The van der Waals surface area contributed by atoms with E-state index in [2.05, 4.69) is 5.32 Å². The molecule has 1 aliphatic rings. The number of rotatable bonds is 6. The highest BCUT2D eigenvalue weighted by molar-refractivity contribution is 5.78. The Hall–Kier alpha value is -0.610. The van der Waals surface area contributed by atoms with E-state index < -0.39 is 0 Å². The molecule has 2 unspecified atom stereocenters. The molecule has 0 aromatic rings. The Morgan fingerprint density at radius 1 is 1.67 bits per heavy atom.